The Morgan fingerprint density at radius 3 is 2.88 bits per heavy atom. The van der Waals surface area contributed by atoms with Crippen LogP contribution in [0.3, 0.4) is 0 Å². The number of benzene rings is 1. The summed E-state index contributed by atoms with van der Waals surface area (Å²) >= 11 is 0. The van der Waals surface area contributed by atoms with Gasteiger partial charge < -0.3 is 10.2 Å². The summed E-state index contributed by atoms with van der Waals surface area (Å²) in [4.78, 5) is 13.8. The fourth-order valence-electron chi connectivity index (χ4n) is 1.42. The molecule has 1 aromatic rings. The van der Waals surface area contributed by atoms with Crippen LogP contribution in [0.1, 0.15) is 23.2 Å². The third-order valence-electron chi connectivity index (χ3n) is 2.41. The molecule has 0 fully saturated rings. The molecule has 0 saturated carbocycles. The molecule has 1 rings (SSSR count). The van der Waals surface area contributed by atoms with Gasteiger partial charge in [-0.1, -0.05) is 6.07 Å². The van der Waals surface area contributed by atoms with Gasteiger partial charge in [-0.15, -0.1) is 12.3 Å². The van der Waals surface area contributed by atoms with Crippen molar-refractivity contribution in [1.82, 2.24) is 5.32 Å². The highest BCUT2D eigenvalue weighted by atomic mass is 16.1. The Hall–Kier alpha value is -1.95. The standard InChI is InChI=1S/C14H18N2O/c1-4-5-6-10-15-14(17)12-8-7-9-13(11-12)16(2)3/h1,7-9,11H,5-6,10H2,2-3H3,(H,15,17). The largest absolute Gasteiger partial charge is 0.378 e. The van der Waals surface area contributed by atoms with E-state index in [0.717, 1.165) is 12.1 Å². The van der Waals surface area contributed by atoms with Crippen molar-refractivity contribution in [3.05, 3.63) is 29.8 Å². The second-order valence-electron chi connectivity index (χ2n) is 4.01. The minimum Gasteiger partial charge on any atom is -0.378 e. The predicted molar refractivity (Wildman–Crippen MR) is 71.2 cm³/mol. The average Bonchev–Trinajstić information content (AvgIpc) is 2.34. The van der Waals surface area contributed by atoms with Gasteiger partial charge in [-0.2, -0.15) is 0 Å². The van der Waals surface area contributed by atoms with Crippen LogP contribution in [0.5, 0.6) is 0 Å². The molecule has 0 saturated heterocycles. The second-order valence-corrected chi connectivity index (χ2v) is 4.01. The first-order valence-corrected chi connectivity index (χ1v) is 5.64. The van der Waals surface area contributed by atoms with E-state index in [1.54, 1.807) is 0 Å². The van der Waals surface area contributed by atoms with Crippen molar-refractivity contribution < 1.29 is 4.79 Å². The van der Waals surface area contributed by atoms with Gasteiger partial charge in [0.25, 0.3) is 5.91 Å². The molecule has 0 radical (unpaired) electrons. The Kier molecular flexibility index (Phi) is 5.09. The third kappa shape index (κ3) is 4.20. The highest BCUT2D eigenvalue weighted by Crippen LogP contribution is 2.13. The molecule has 3 nitrogen and oxygen atoms in total. The topological polar surface area (TPSA) is 32.3 Å². The SMILES string of the molecule is C#CCCCNC(=O)c1cccc(N(C)C)c1. The molecule has 1 N–H and O–H groups in total. The normalized spacial score (nSPS) is 9.47. The van der Waals surface area contributed by atoms with Gasteiger partial charge in [0.2, 0.25) is 0 Å². The Labute approximate surface area is 103 Å². The number of hydrogen-bond acceptors (Lipinski definition) is 2. The summed E-state index contributed by atoms with van der Waals surface area (Å²) in [6, 6.07) is 7.53. The number of carbonyl (C=O) groups excluding carboxylic acids is 1. The van der Waals surface area contributed by atoms with Crippen molar-refractivity contribution in [2.24, 2.45) is 0 Å². The molecule has 0 unspecified atom stereocenters. The summed E-state index contributed by atoms with van der Waals surface area (Å²) in [5.74, 6) is 2.50. The van der Waals surface area contributed by atoms with Crippen LogP contribution < -0.4 is 10.2 Å². The summed E-state index contributed by atoms with van der Waals surface area (Å²) < 4.78 is 0. The van der Waals surface area contributed by atoms with Crippen molar-refractivity contribution in [1.29, 1.82) is 0 Å². The van der Waals surface area contributed by atoms with Crippen molar-refractivity contribution in [3.63, 3.8) is 0 Å². The lowest BCUT2D eigenvalue weighted by atomic mass is 10.2. The molecule has 0 heterocycles. The van der Waals surface area contributed by atoms with E-state index in [9.17, 15) is 4.79 Å². The van der Waals surface area contributed by atoms with Gasteiger partial charge in [0, 0.05) is 38.3 Å². The number of anilines is 1. The molecule has 0 aliphatic carbocycles. The zero-order valence-corrected chi connectivity index (χ0v) is 10.4. The van der Waals surface area contributed by atoms with E-state index in [2.05, 4.69) is 11.2 Å². The maximum Gasteiger partial charge on any atom is 0.251 e. The van der Waals surface area contributed by atoms with Gasteiger partial charge in [-0.3, -0.25) is 4.79 Å². The first kappa shape index (κ1) is 13.1. The van der Waals surface area contributed by atoms with Gasteiger partial charge >= 0.3 is 0 Å². The Balaban J connectivity index is 2.57. The molecule has 0 aliphatic heterocycles. The Morgan fingerprint density at radius 1 is 1.47 bits per heavy atom. The summed E-state index contributed by atoms with van der Waals surface area (Å²) in [7, 11) is 3.90. The minimum atomic E-state index is -0.0503. The smallest absolute Gasteiger partial charge is 0.251 e. The van der Waals surface area contributed by atoms with Crippen molar-refractivity contribution in [3.8, 4) is 12.3 Å². The van der Waals surface area contributed by atoms with Crippen LogP contribution in [0, 0.1) is 12.3 Å². The molecule has 0 aromatic heterocycles. The van der Waals surface area contributed by atoms with E-state index < -0.39 is 0 Å². The molecule has 0 spiro atoms. The molecule has 1 aromatic carbocycles. The minimum absolute atomic E-state index is 0.0503. The number of terminal acetylenes is 1. The molecule has 17 heavy (non-hydrogen) atoms. The quantitative estimate of drug-likeness (QED) is 0.619. The van der Waals surface area contributed by atoms with E-state index in [0.29, 0.717) is 18.5 Å². The number of nitrogens with one attached hydrogen (secondary N) is 1. The van der Waals surface area contributed by atoms with Crippen molar-refractivity contribution in [2.45, 2.75) is 12.8 Å². The van der Waals surface area contributed by atoms with Gasteiger partial charge in [0.15, 0.2) is 0 Å². The predicted octanol–water partition coefficient (Wildman–Crippen LogP) is 1.90. The number of unbranched alkanes of at least 4 members (excludes halogenated alkanes) is 1. The zero-order valence-electron chi connectivity index (χ0n) is 10.4. The van der Waals surface area contributed by atoms with E-state index in [1.165, 1.54) is 0 Å². The number of carbonyl (C=O) groups is 1. The number of rotatable bonds is 5. The monoisotopic (exact) mass is 230 g/mol. The highest BCUT2D eigenvalue weighted by Gasteiger charge is 2.05. The second kappa shape index (κ2) is 6.59. The van der Waals surface area contributed by atoms with E-state index in [4.69, 9.17) is 6.42 Å². The fourth-order valence-corrected chi connectivity index (χ4v) is 1.42. The lowest BCUT2D eigenvalue weighted by molar-refractivity contribution is 0.0953. The van der Waals surface area contributed by atoms with Gasteiger partial charge in [-0.05, 0) is 24.6 Å². The van der Waals surface area contributed by atoms with Crippen molar-refractivity contribution in [2.75, 3.05) is 25.5 Å². The Bertz CT molecular complexity index is 418. The molecule has 0 bridgehead atoms. The van der Waals surface area contributed by atoms with Crippen molar-refractivity contribution >= 4 is 11.6 Å². The van der Waals surface area contributed by atoms with Crippen LogP contribution in [0.4, 0.5) is 5.69 Å². The fraction of sp³-hybridized carbons (Fsp3) is 0.357. The molecular weight excluding hydrogens is 212 g/mol. The highest BCUT2D eigenvalue weighted by molar-refractivity contribution is 5.95. The lowest BCUT2D eigenvalue weighted by Gasteiger charge is -2.13. The third-order valence-corrected chi connectivity index (χ3v) is 2.41. The first-order chi connectivity index (χ1) is 8.15. The molecular formula is C14H18N2O. The summed E-state index contributed by atoms with van der Waals surface area (Å²) in [6.07, 6.45) is 6.65. The van der Waals surface area contributed by atoms with Crippen LogP contribution in [-0.2, 0) is 0 Å². The summed E-state index contributed by atoms with van der Waals surface area (Å²) in [5.41, 5.74) is 1.69. The Morgan fingerprint density at radius 2 is 2.24 bits per heavy atom. The zero-order chi connectivity index (χ0) is 12.7. The number of hydrogen-bond donors (Lipinski definition) is 1. The molecule has 90 valence electrons. The number of nitrogens with zero attached hydrogens (tertiary/aromatic N) is 1. The van der Waals surface area contributed by atoms with Gasteiger partial charge in [0.1, 0.15) is 0 Å². The maximum atomic E-state index is 11.8. The molecule has 1 amide bonds. The number of amides is 1. The van der Waals surface area contributed by atoms with Crippen LogP contribution in [0.25, 0.3) is 0 Å². The first-order valence-electron chi connectivity index (χ1n) is 5.64. The average molecular weight is 230 g/mol. The van der Waals surface area contributed by atoms with Crippen LogP contribution in [0.15, 0.2) is 24.3 Å². The lowest BCUT2D eigenvalue weighted by Crippen LogP contribution is -2.24. The van der Waals surface area contributed by atoms with E-state index in [1.807, 2.05) is 43.3 Å². The van der Waals surface area contributed by atoms with Crippen LogP contribution >= 0.6 is 0 Å². The molecule has 0 atom stereocenters. The summed E-state index contributed by atoms with van der Waals surface area (Å²) in [5, 5.41) is 2.85. The van der Waals surface area contributed by atoms with Gasteiger partial charge in [-0.25, -0.2) is 0 Å². The van der Waals surface area contributed by atoms with Crippen LogP contribution in [0.2, 0.25) is 0 Å². The summed E-state index contributed by atoms with van der Waals surface area (Å²) in [6.45, 7) is 0.620. The van der Waals surface area contributed by atoms with E-state index in [-0.39, 0.29) is 5.91 Å². The maximum absolute atomic E-state index is 11.8. The van der Waals surface area contributed by atoms with E-state index >= 15 is 0 Å². The molecule has 3 heteroatoms. The van der Waals surface area contributed by atoms with Crippen LogP contribution in [-0.4, -0.2) is 26.5 Å². The molecule has 0 aliphatic rings. The van der Waals surface area contributed by atoms with Gasteiger partial charge in [0.05, 0.1) is 0 Å².